The van der Waals surface area contributed by atoms with Gasteiger partial charge in [0.25, 0.3) is 0 Å². The van der Waals surface area contributed by atoms with Crippen LogP contribution in [-0.4, -0.2) is 16.8 Å². The highest BCUT2D eigenvalue weighted by molar-refractivity contribution is 7.80. The van der Waals surface area contributed by atoms with Crippen LogP contribution in [0.4, 0.5) is 5.69 Å². The fourth-order valence-electron chi connectivity index (χ4n) is 1.91. The Morgan fingerprint density at radius 3 is 2.59 bits per heavy atom. The minimum atomic E-state index is -0.276. The number of amides is 2. The quantitative estimate of drug-likeness (QED) is 0.631. The standard InChI is InChI=1S/C12H12N2O2S/c1-7-6-10(15)14(12(7)16)9-5-3-2-4-8(9)11(13)17/h2-5,7H,6H2,1H3,(H2,13,17). The van der Waals surface area contributed by atoms with E-state index in [1.54, 1.807) is 31.2 Å². The zero-order chi connectivity index (χ0) is 12.6. The highest BCUT2D eigenvalue weighted by Gasteiger charge is 2.37. The molecule has 0 aromatic heterocycles. The predicted molar refractivity (Wildman–Crippen MR) is 68.6 cm³/mol. The van der Waals surface area contributed by atoms with Crippen molar-refractivity contribution < 1.29 is 9.59 Å². The van der Waals surface area contributed by atoms with Crippen molar-refractivity contribution in [3.63, 3.8) is 0 Å². The average molecular weight is 248 g/mol. The Morgan fingerprint density at radius 1 is 1.41 bits per heavy atom. The Hall–Kier alpha value is -1.75. The molecule has 1 aliphatic heterocycles. The molecule has 1 saturated heterocycles. The predicted octanol–water partition coefficient (Wildman–Crippen LogP) is 1.22. The van der Waals surface area contributed by atoms with Gasteiger partial charge in [-0.05, 0) is 12.1 Å². The summed E-state index contributed by atoms with van der Waals surface area (Å²) in [5.74, 6) is -0.674. The smallest absolute Gasteiger partial charge is 0.237 e. The maximum Gasteiger partial charge on any atom is 0.237 e. The Balaban J connectivity index is 2.51. The molecule has 2 rings (SSSR count). The number of anilines is 1. The SMILES string of the molecule is CC1CC(=O)N(c2ccccc2C(N)=S)C1=O. The molecule has 1 aromatic rings. The molecule has 1 aliphatic rings. The number of nitrogens with two attached hydrogens (primary N) is 1. The first kappa shape index (κ1) is 11.7. The van der Waals surface area contributed by atoms with Gasteiger partial charge in [0.2, 0.25) is 11.8 Å². The van der Waals surface area contributed by atoms with E-state index in [1.165, 1.54) is 4.90 Å². The van der Waals surface area contributed by atoms with Gasteiger partial charge in [0.05, 0.1) is 5.69 Å². The summed E-state index contributed by atoms with van der Waals surface area (Å²) in [6, 6.07) is 6.91. The van der Waals surface area contributed by atoms with Gasteiger partial charge in [0.1, 0.15) is 4.99 Å². The summed E-state index contributed by atoms with van der Waals surface area (Å²) in [5.41, 5.74) is 6.63. The Kier molecular flexibility index (Phi) is 2.93. The van der Waals surface area contributed by atoms with Gasteiger partial charge >= 0.3 is 0 Å². The highest BCUT2D eigenvalue weighted by atomic mass is 32.1. The number of carbonyl (C=O) groups excluding carboxylic acids is 2. The van der Waals surface area contributed by atoms with Crippen molar-refractivity contribution >= 4 is 34.7 Å². The fraction of sp³-hybridized carbons (Fsp3) is 0.250. The third kappa shape index (κ3) is 1.93. The number of benzene rings is 1. The summed E-state index contributed by atoms with van der Waals surface area (Å²) in [6.07, 6.45) is 0.241. The van der Waals surface area contributed by atoms with Crippen LogP contribution in [0, 0.1) is 5.92 Å². The molecule has 1 heterocycles. The number of carbonyl (C=O) groups is 2. The summed E-state index contributed by atoms with van der Waals surface area (Å²) in [4.78, 5) is 25.1. The lowest BCUT2D eigenvalue weighted by molar-refractivity contribution is -0.122. The van der Waals surface area contributed by atoms with Gasteiger partial charge in [0, 0.05) is 17.9 Å². The first-order valence-electron chi connectivity index (χ1n) is 5.28. The van der Waals surface area contributed by atoms with Crippen molar-refractivity contribution in [2.24, 2.45) is 11.7 Å². The van der Waals surface area contributed by atoms with E-state index in [1.807, 2.05) is 0 Å². The molecule has 2 N–H and O–H groups in total. The van der Waals surface area contributed by atoms with Crippen molar-refractivity contribution in [3.05, 3.63) is 29.8 Å². The minimum absolute atomic E-state index is 0.181. The van der Waals surface area contributed by atoms with E-state index in [9.17, 15) is 9.59 Å². The molecule has 88 valence electrons. The van der Waals surface area contributed by atoms with Crippen LogP contribution in [0.25, 0.3) is 0 Å². The second kappa shape index (κ2) is 4.25. The summed E-state index contributed by atoms with van der Waals surface area (Å²) < 4.78 is 0. The van der Waals surface area contributed by atoms with E-state index in [0.717, 1.165) is 0 Å². The average Bonchev–Trinajstić information content (AvgIpc) is 2.53. The maximum atomic E-state index is 11.9. The Labute approximate surface area is 104 Å². The summed E-state index contributed by atoms with van der Waals surface area (Å²) in [6.45, 7) is 1.74. The van der Waals surface area contributed by atoms with Gasteiger partial charge in [-0.1, -0.05) is 31.3 Å². The molecule has 2 amide bonds. The van der Waals surface area contributed by atoms with Crippen LogP contribution in [0.15, 0.2) is 24.3 Å². The molecule has 1 fully saturated rings. The van der Waals surface area contributed by atoms with E-state index in [2.05, 4.69) is 0 Å². The van der Waals surface area contributed by atoms with Crippen LogP contribution < -0.4 is 10.6 Å². The summed E-state index contributed by atoms with van der Waals surface area (Å²) in [7, 11) is 0. The van der Waals surface area contributed by atoms with Gasteiger partial charge in [-0.25, -0.2) is 4.90 Å². The number of nitrogens with zero attached hydrogens (tertiary/aromatic N) is 1. The molecule has 1 atom stereocenters. The number of hydrogen-bond donors (Lipinski definition) is 1. The molecule has 0 spiro atoms. The first-order chi connectivity index (χ1) is 8.02. The third-order valence-corrected chi connectivity index (χ3v) is 3.00. The van der Waals surface area contributed by atoms with Crippen molar-refractivity contribution in [1.29, 1.82) is 0 Å². The molecule has 4 nitrogen and oxygen atoms in total. The third-order valence-electron chi connectivity index (χ3n) is 2.78. The zero-order valence-corrected chi connectivity index (χ0v) is 10.2. The van der Waals surface area contributed by atoms with E-state index < -0.39 is 0 Å². The van der Waals surface area contributed by atoms with Crippen molar-refractivity contribution in [2.75, 3.05) is 4.90 Å². The number of para-hydroxylation sites is 1. The molecular weight excluding hydrogens is 236 g/mol. The van der Waals surface area contributed by atoms with E-state index in [-0.39, 0.29) is 29.1 Å². The molecule has 0 aliphatic carbocycles. The van der Waals surface area contributed by atoms with Crippen LogP contribution in [0.3, 0.4) is 0 Å². The van der Waals surface area contributed by atoms with Crippen molar-refractivity contribution in [3.8, 4) is 0 Å². The second-order valence-corrected chi connectivity index (χ2v) is 4.49. The van der Waals surface area contributed by atoms with Crippen LogP contribution >= 0.6 is 12.2 Å². The molecular formula is C12H12N2O2S. The van der Waals surface area contributed by atoms with Gasteiger partial charge in [-0.15, -0.1) is 0 Å². The lowest BCUT2D eigenvalue weighted by Gasteiger charge is -2.17. The molecule has 0 radical (unpaired) electrons. The monoisotopic (exact) mass is 248 g/mol. The Bertz CT molecular complexity index is 513. The van der Waals surface area contributed by atoms with Gasteiger partial charge < -0.3 is 5.73 Å². The summed E-state index contributed by atoms with van der Waals surface area (Å²) >= 11 is 4.92. The van der Waals surface area contributed by atoms with Crippen LogP contribution in [-0.2, 0) is 9.59 Å². The molecule has 0 bridgehead atoms. The largest absolute Gasteiger partial charge is 0.389 e. The highest BCUT2D eigenvalue weighted by Crippen LogP contribution is 2.28. The van der Waals surface area contributed by atoms with Crippen LogP contribution in [0.5, 0.6) is 0 Å². The van der Waals surface area contributed by atoms with E-state index >= 15 is 0 Å². The number of imide groups is 1. The normalized spacial score (nSPS) is 19.8. The molecule has 1 unspecified atom stereocenters. The molecule has 5 heteroatoms. The maximum absolute atomic E-state index is 11.9. The van der Waals surface area contributed by atoms with Crippen LogP contribution in [0.2, 0.25) is 0 Å². The fourth-order valence-corrected chi connectivity index (χ4v) is 2.09. The topological polar surface area (TPSA) is 63.4 Å². The summed E-state index contributed by atoms with van der Waals surface area (Å²) in [5, 5.41) is 0. The number of thiocarbonyl (C=S) groups is 1. The molecule has 17 heavy (non-hydrogen) atoms. The Morgan fingerprint density at radius 2 is 2.06 bits per heavy atom. The minimum Gasteiger partial charge on any atom is -0.389 e. The first-order valence-corrected chi connectivity index (χ1v) is 5.69. The van der Waals surface area contributed by atoms with Crippen LogP contribution in [0.1, 0.15) is 18.9 Å². The van der Waals surface area contributed by atoms with Gasteiger partial charge in [-0.2, -0.15) is 0 Å². The number of rotatable bonds is 2. The van der Waals surface area contributed by atoms with Crippen molar-refractivity contribution in [1.82, 2.24) is 0 Å². The van der Waals surface area contributed by atoms with Gasteiger partial charge in [0.15, 0.2) is 0 Å². The van der Waals surface area contributed by atoms with E-state index in [4.69, 9.17) is 18.0 Å². The zero-order valence-electron chi connectivity index (χ0n) is 9.34. The van der Waals surface area contributed by atoms with Crippen molar-refractivity contribution in [2.45, 2.75) is 13.3 Å². The van der Waals surface area contributed by atoms with Gasteiger partial charge in [-0.3, -0.25) is 9.59 Å². The molecule has 0 saturated carbocycles. The molecule has 1 aromatic carbocycles. The lowest BCUT2D eigenvalue weighted by Crippen LogP contribution is -2.32. The number of hydrogen-bond acceptors (Lipinski definition) is 3. The lowest BCUT2D eigenvalue weighted by atomic mass is 10.1. The van der Waals surface area contributed by atoms with E-state index in [0.29, 0.717) is 11.3 Å². The second-order valence-electron chi connectivity index (χ2n) is 4.05.